The number of para-hydroxylation sites is 2. The van der Waals surface area contributed by atoms with Crippen LogP contribution >= 0.6 is 0 Å². The van der Waals surface area contributed by atoms with Gasteiger partial charge in [0.05, 0.1) is 17.6 Å². The molecule has 0 fully saturated rings. The molecule has 0 unspecified atom stereocenters. The number of carbonyl (C=O) groups excluding carboxylic acids is 1. The lowest BCUT2D eigenvalue weighted by Crippen LogP contribution is -2.14. The third kappa shape index (κ3) is 1.75. The molecule has 0 spiro atoms. The second kappa shape index (κ2) is 4.20. The minimum Gasteiger partial charge on any atom is -0.461 e. The summed E-state index contributed by atoms with van der Waals surface area (Å²) in [6, 6.07) is 7.41. The molecule has 0 radical (unpaired) electrons. The maximum Gasteiger partial charge on any atom is 0.362 e. The van der Waals surface area contributed by atoms with Crippen LogP contribution in [0.1, 0.15) is 17.4 Å². The number of esters is 1. The molecule has 2 N–H and O–H groups in total. The highest BCUT2D eigenvalue weighted by Crippen LogP contribution is 2.16. The number of ether oxygens (including phenoxy) is 1. The summed E-state index contributed by atoms with van der Waals surface area (Å²) in [5.74, 6) is -0.222. The minimum absolute atomic E-state index is 0.00231. The molecule has 0 aliphatic rings. The van der Waals surface area contributed by atoms with Gasteiger partial charge in [0.2, 0.25) is 5.69 Å². The van der Waals surface area contributed by atoms with Crippen molar-refractivity contribution in [2.75, 3.05) is 12.3 Å². The topological polar surface area (TPSA) is 95.4 Å². The van der Waals surface area contributed by atoms with Crippen LogP contribution in [0.25, 0.3) is 16.8 Å². The zero-order valence-electron chi connectivity index (χ0n) is 10.2. The zero-order chi connectivity index (χ0) is 13.4. The number of benzene rings is 1. The van der Waals surface area contributed by atoms with E-state index >= 15 is 0 Å². The molecule has 1 aromatic carbocycles. The molecule has 0 aliphatic carbocycles. The van der Waals surface area contributed by atoms with Crippen LogP contribution in [-0.2, 0) is 4.74 Å². The maximum atomic E-state index is 11.7. The van der Waals surface area contributed by atoms with Crippen molar-refractivity contribution in [2.24, 2.45) is 0 Å². The molecule has 0 saturated carbocycles. The predicted octanol–water partition coefficient (Wildman–Crippen LogP) is 1.04. The average Bonchev–Trinajstić information content (AvgIpc) is 2.75. The standard InChI is InChI=1S/C12H11N5O2/c1-2-19-11(18)9-10(13)15-12-14-7-5-3-4-6-8(7)17(12)16-9/h3-6H,2H2,1H3,(H2,13,14,15). The molecule has 19 heavy (non-hydrogen) atoms. The third-order valence-electron chi connectivity index (χ3n) is 2.65. The Kier molecular flexibility index (Phi) is 2.52. The minimum atomic E-state index is -0.591. The number of aromatic nitrogens is 4. The first-order chi connectivity index (χ1) is 9.20. The highest BCUT2D eigenvalue weighted by molar-refractivity contribution is 5.92. The first-order valence-electron chi connectivity index (χ1n) is 5.79. The number of hydrogen-bond acceptors (Lipinski definition) is 6. The van der Waals surface area contributed by atoms with Crippen molar-refractivity contribution < 1.29 is 9.53 Å². The predicted molar refractivity (Wildman–Crippen MR) is 68.7 cm³/mol. The molecule has 0 aliphatic heterocycles. The fraction of sp³-hybridized carbons (Fsp3) is 0.167. The lowest BCUT2D eigenvalue weighted by Gasteiger charge is -2.03. The van der Waals surface area contributed by atoms with Crippen LogP contribution in [0.5, 0.6) is 0 Å². The summed E-state index contributed by atoms with van der Waals surface area (Å²) in [6.45, 7) is 1.97. The van der Waals surface area contributed by atoms with E-state index in [-0.39, 0.29) is 18.1 Å². The van der Waals surface area contributed by atoms with Crippen LogP contribution in [0.15, 0.2) is 24.3 Å². The molecule has 0 saturated heterocycles. The number of fused-ring (bicyclic) bond motifs is 3. The summed E-state index contributed by atoms with van der Waals surface area (Å²) < 4.78 is 6.38. The van der Waals surface area contributed by atoms with Gasteiger partial charge in [0.1, 0.15) is 0 Å². The van der Waals surface area contributed by atoms with Crippen LogP contribution in [0.4, 0.5) is 5.82 Å². The van der Waals surface area contributed by atoms with Crippen LogP contribution < -0.4 is 5.73 Å². The molecule has 0 amide bonds. The van der Waals surface area contributed by atoms with E-state index in [2.05, 4.69) is 15.1 Å². The fourth-order valence-corrected chi connectivity index (χ4v) is 1.83. The summed E-state index contributed by atoms with van der Waals surface area (Å²) in [4.78, 5) is 20.1. The monoisotopic (exact) mass is 257 g/mol. The highest BCUT2D eigenvalue weighted by atomic mass is 16.5. The number of rotatable bonds is 2. The number of carbonyl (C=O) groups is 1. The number of hydrogen-bond donors (Lipinski definition) is 1. The van der Waals surface area contributed by atoms with Crippen LogP contribution in [0, 0.1) is 0 Å². The van der Waals surface area contributed by atoms with E-state index in [0.717, 1.165) is 11.0 Å². The molecule has 0 atom stereocenters. The van der Waals surface area contributed by atoms with Gasteiger partial charge in [0.15, 0.2) is 5.82 Å². The van der Waals surface area contributed by atoms with Gasteiger partial charge in [-0.15, -0.1) is 0 Å². The smallest absolute Gasteiger partial charge is 0.362 e. The molecule has 3 aromatic rings. The van der Waals surface area contributed by atoms with E-state index in [9.17, 15) is 4.79 Å². The molecule has 2 aromatic heterocycles. The van der Waals surface area contributed by atoms with Crippen molar-refractivity contribution in [1.29, 1.82) is 0 Å². The first kappa shape index (κ1) is 11.4. The van der Waals surface area contributed by atoms with Gasteiger partial charge in [-0.1, -0.05) is 12.1 Å². The Bertz CT molecular complexity index is 780. The van der Waals surface area contributed by atoms with Crippen molar-refractivity contribution in [2.45, 2.75) is 6.92 Å². The molecular formula is C12H11N5O2. The van der Waals surface area contributed by atoms with Crippen molar-refractivity contribution >= 4 is 28.6 Å². The molecule has 7 nitrogen and oxygen atoms in total. The van der Waals surface area contributed by atoms with Crippen molar-refractivity contribution in [3.63, 3.8) is 0 Å². The van der Waals surface area contributed by atoms with Gasteiger partial charge in [0.25, 0.3) is 5.78 Å². The van der Waals surface area contributed by atoms with Gasteiger partial charge in [0, 0.05) is 0 Å². The summed E-state index contributed by atoms with van der Waals surface area (Å²) in [7, 11) is 0. The van der Waals surface area contributed by atoms with E-state index in [1.807, 2.05) is 24.3 Å². The molecule has 96 valence electrons. The van der Waals surface area contributed by atoms with E-state index in [0.29, 0.717) is 5.78 Å². The lowest BCUT2D eigenvalue weighted by molar-refractivity contribution is 0.0519. The maximum absolute atomic E-state index is 11.7. The summed E-state index contributed by atoms with van der Waals surface area (Å²) >= 11 is 0. The number of nitrogens with two attached hydrogens (primary N) is 1. The Hall–Kier alpha value is -2.70. The van der Waals surface area contributed by atoms with Gasteiger partial charge in [-0.05, 0) is 19.1 Å². The lowest BCUT2D eigenvalue weighted by atomic mass is 10.3. The fourth-order valence-electron chi connectivity index (χ4n) is 1.83. The van der Waals surface area contributed by atoms with Crippen LogP contribution in [-0.4, -0.2) is 32.2 Å². The second-order valence-electron chi connectivity index (χ2n) is 3.88. The van der Waals surface area contributed by atoms with Crippen molar-refractivity contribution in [3.8, 4) is 0 Å². The van der Waals surface area contributed by atoms with Crippen LogP contribution in [0.3, 0.4) is 0 Å². The largest absolute Gasteiger partial charge is 0.461 e. The Morgan fingerprint density at radius 2 is 2.16 bits per heavy atom. The number of imidazole rings is 1. The van der Waals surface area contributed by atoms with Gasteiger partial charge in [-0.2, -0.15) is 14.6 Å². The molecular weight excluding hydrogens is 246 g/mol. The van der Waals surface area contributed by atoms with E-state index < -0.39 is 5.97 Å². The highest BCUT2D eigenvalue weighted by Gasteiger charge is 2.17. The Balaban J connectivity index is 2.28. The van der Waals surface area contributed by atoms with Gasteiger partial charge in [-0.3, -0.25) is 0 Å². The second-order valence-corrected chi connectivity index (χ2v) is 3.88. The Morgan fingerprint density at radius 1 is 1.37 bits per heavy atom. The quantitative estimate of drug-likeness (QED) is 0.689. The van der Waals surface area contributed by atoms with E-state index in [1.54, 1.807) is 6.92 Å². The SMILES string of the molecule is CCOC(=O)c1nn2c(nc1N)nc1ccccc12. The van der Waals surface area contributed by atoms with Gasteiger partial charge in [-0.25, -0.2) is 9.78 Å². The Morgan fingerprint density at radius 3 is 2.95 bits per heavy atom. The molecule has 3 rings (SSSR count). The number of nitrogens with zero attached hydrogens (tertiary/aromatic N) is 4. The average molecular weight is 257 g/mol. The molecule has 0 bridgehead atoms. The van der Waals surface area contributed by atoms with Gasteiger partial charge < -0.3 is 10.5 Å². The normalized spacial score (nSPS) is 11.0. The Labute approximate surface area is 108 Å². The van der Waals surface area contributed by atoms with E-state index in [1.165, 1.54) is 4.52 Å². The van der Waals surface area contributed by atoms with Crippen molar-refractivity contribution in [3.05, 3.63) is 30.0 Å². The summed E-state index contributed by atoms with van der Waals surface area (Å²) in [5, 5.41) is 4.17. The molecule has 2 heterocycles. The third-order valence-corrected chi connectivity index (χ3v) is 2.65. The van der Waals surface area contributed by atoms with Crippen molar-refractivity contribution in [1.82, 2.24) is 19.6 Å². The van der Waals surface area contributed by atoms with Gasteiger partial charge >= 0.3 is 5.97 Å². The summed E-state index contributed by atoms with van der Waals surface area (Å²) in [6.07, 6.45) is 0. The molecule has 7 heteroatoms. The first-order valence-corrected chi connectivity index (χ1v) is 5.79. The van der Waals surface area contributed by atoms with E-state index in [4.69, 9.17) is 10.5 Å². The number of anilines is 1. The summed E-state index contributed by atoms with van der Waals surface area (Å²) in [5.41, 5.74) is 7.21. The number of nitrogen functional groups attached to an aromatic ring is 1. The zero-order valence-corrected chi connectivity index (χ0v) is 10.2. The van der Waals surface area contributed by atoms with Crippen LogP contribution in [0.2, 0.25) is 0 Å².